The second-order valence-electron chi connectivity index (χ2n) is 5.17. The highest BCUT2D eigenvalue weighted by atomic mass is 35.5. The molecule has 0 aliphatic carbocycles. The minimum atomic E-state index is 0.00334. The van der Waals surface area contributed by atoms with Gasteiger partial charge in [-0.15, -0.1) is 0 Å². The van der Waals surface area contributed by atoms with Crippen molar-refractivity contribution in [2.45, 2.75) is 33.1 Å². The molecule has 0 bridgehead atoms. The summed E-state index contributed by atoms with van der Waals surface area (Å²) in [5.74, 6) is 0.572. The molecule has 5 heteroatoms. The van der Waals surface area contributed by atoms with Gasteiger partial charge < -0.3 is 10.6 Å². The van der Waals surface area contributed by atoms with E-state index in [4.69, 9.17) is 11.6 Å². The van der Waals surface area contributed by atoms with Gasteiger partial charge in [-0.25, -0.2) is 4.98 Å². The highest BCUT2D eigenvalue weighted by molar-refractivity contribution is 6.30. The van der Waals surface area contributed by atoms with E-state index in [-0.39, 0.29) is 5.91 Å². The van der Waals surface area contributed by atoms with E-state index < -0.39 is 0 Å². The molecular weight excluding hydrogens is 298 g/mol. The zero-order chi connectivity index (χ0) is 15.9. The predicted octanol–water partition coefficient (Wildman–Crippen LogP) is 4.92. The SMILES string of the molecule is CCCCC(=O)Nc1ccc(Nc2ccc(Cl)cc2C)cn1. The molecule has 0 atom stereocenters. The highest BCUT2D eigenvalue weighted by Gasteiger charge is 2.04. The average Bonchev–Trinajstić information content (AvgIpc) is 2.50. The van der Waals surface area contributed by atoms with Crippen LogP contribution >= 0.6 is 11.6 Å². The fourth-order valence-corrected chi connectivity index (χ4v) is 2.23. The molecule has 2 aromatic rings. The summed E-state index contributed by atoms with van der Waals surface area (Å²) >= 11 is 5.94. The van der Waals surface area contributed by atoms with Crippen LogP contribution in [0, 0.1) is 6.92 Å². The molecular formula is C17H20ClN3O. The standard InChI is InChI=1S/C17H20ClN3O/c1-3-4-5-17(22)21-16-9-7-14(11-19-16)20-15-8-6-13(18)10-12(15)2/h6-11,20H,3-5H2,1-2H3,(H,19,21,22). The number of anilines is 3. The summed E-state index contributed by atoms with van der Waals surface area (Å²) in [6.07, 6.45) is 4.12. The number of aromatic nitrogens is 1. The maximum absolute atomic E-state index is 11.6. The molecule has 4 nitrogen and oxygen atoms in total. The summed E-state index contributed by atoms with van der Waals surface area (Å²) in [5, 5.41) is 6.79. The Kier molecular flexibility index (Phi) is 5.78. The van der Waals surface area contributed by atoms with E-state index in [0.717, 1.165) is 29.8 Å². The lowest BCUT2D eigenvalue weighted by Gasteiger charge is -2.10. The first-order valence-corrected chi connectivity index (χ1v) is 7.75. The number of nitrogens with zero attached hydrogens (tertiary/aromatic N) is 1. The van der Waals surface area contributed by atoms with E-state index in [9.17, 15) is 4.79 Å². The number of nitrogens with one attached hydrogen (secondary N) is 2. The van der Waals surface area contributed by atoms with Crippen LogP contribution in [0.1, 0.15) is 31.7 Å². The number of rotatable bonds is 6. The van der Waals surface area contributed by atoms with Crippen molar-refractivity contribution in [1.82, 2.24) is 4.98 Å². The topological polar surface area (TPSA) is 54.0 Å². The first-order chi connectivity index (χ1) is 10.6. The molecule has 2 rings (SSSR count). The van der Waals surface area contributed by atoms with Crippen LogP contribution < -0.4 is 10.6 Å². The monoisotopic (exact) mass is 317 g/mol. The zero-order valence-electron chi connectivity index (χ0n) is 12.8. The summed E-state index contributed by atoms with van der Waals surface area (Å²) in [6.45, 7) is 4.05. The molecule has 0 radical (unpaired) electrons. The lowest BCUT2D eigenvalue weighted by Crippen LogP contribution is -2.12. The van der Waals surface area contributed by atoms with Gasteiger partial charge in [-0.2, -0.15) is 0 Å². The van der Waals surface area contributed by atoms with Crippen molar-refractivity contribution in [3.63, 3.8) is 0 Å². The van der Waals surface area contributed by atoms with Crippen LogP contribution in [0.25, 0.3) is 0 Å². The van der Waals surface area contributed by atoms with Crippen molar-refractivity contribution in [3.8, 4) is 0 Å². The molecule has 0 saturated heterocycles. The Labute approximate surface area is 135 Å². The lowest BCUT2D eigenvalue weighted by atomic mass is 10.2. The fraction of sp³-hybridized carbons (Fsp3) is 0.294. The average molecular weight is 318 g/mol. The molecule has 1 aromatic heterocycles. The molecule has 0 saturated carbocycles. The number of halogens is 1. The number of pyridine rings is 1. The molecule has 1 amide bonds. The Balaban J connectivity index is 1.98. The molecule has 0 aliphatic rings. The number of benzene rings is 1. The van der Waals surface area contributed by atoms with Gasteiger partial charge >= 0.3 is 0 Å². The van der Waals surface area contributed by atoms with Crippen LogP contribution in [0.2, 0.25) is 5.02 Å². The second-order valence-corrected chi connectivity index (χ2v) is 5.60. The summed E-state index contributed by atoms with van der Waals surface area (Å²) in [7, 11) is 0. The summed E-state index contributed by atoms with van der Waals surface area (Å²) in [5.41, 5.74) is 2.90. The number of hydrogen-bond acceptors (Lipinski definition) is 3. The molecule has 0 fully saturated rings. The smallest absolute Gasteiger partial charge is 0.225 e. The second kappa shape index (κ2) is 7.80. The number of aryl methyl sites for hydroxylation is 1. The van der Waals surface area contributed by atoms with Gasteiger partial charge in [0.25, 0.3) is 0 Å². The molecule has 22 heavy (non-hydrogen) atoms. The molecule has 116 valence electrons. The third-order valence-corrected chi connectivity index (χ3v) is 3.49. The van der Waals surface area contributed by atoms with Crippen LogP contribution in [0.15, 0.2) is 36.5 Å². The van der Waals surface area contributed by atoms with Gasteiger partial charge in [0.05, 0.1) is 11.9 Å². The Hall–Kier alpha value is -2.07. The van der Waals surface area contributed by atoms with Crippen LogP contribution in [-0.2, 0) is 4.79 Å². The van der Waals surface area contributed by atoms with Crippen LogP contribution in [0.3, 0.4) is 0 Å². The van der Waals surface area contributed by atoms with Gasteiger partial charge in [-0.1, -0.05) is 24.9 Å². The van der Waals surface area contributed by atoms with Gasteiger partial charge in [0.15, 0.2) is 0 Å². The number of carbonyl (C=O) groups is 1. The van der Waals surface area contributed by atoms with E-state index in [1.54, 1.807) is 12.3 Å². The van der Waals surface area contributed by atoms with Crippen molar-refractivity contribution in [2.24, 2.45) is 0 Å². The van der Waals surface area contributed by atoms with E-state index in [2.05, 4.69) is 22.5 Å². The van der Waals surface area contributed by atoms with E-state index >= 15 is 0 Å². The molecule has 0 spiro atoms. The van der Waals surface area contributed by atoms with Gasteiger partial charge in [0.2, 0.25) is 5.91 Å². The number of carbonyl (C=O) groups excluding carboxylic acids is 1. The molecule has 0 unspecified atom stereocenters. The van der Waals surface area contributed by atoms with Crippen molar-refractivity contribution in [3.05, 3.63) is 47.1 Å². The van der Waals surface area contributed by atoms with Crippen LogP contribution in [0.5, 0.6) is 0 Å². The minimum absolute atomic E-state index is 0.00334. The maximum atomic E-state index is 11.6. The normalized spacial score (nSPS) is 10.3. The minimum Gasteiger partial charge on any atom is -0.354 e. The largest absolute Gasteiger partial charge is 0.354 e. The van der Waals surface area contributed by atoms with Gasteiger partial charge in [0.1, 0.15) is 5.82 Å². The predicted molar refractivity (Wildman–Crippen MR) is 91.9 cm³/mol. The van der Waals surface area contributed by atoms with E-state index in [0.29, 0.717) is 17.3 Å². The molecule has 1 heterocycles. The van der Waals surface area contributed by atoms with Crippen molar-refractivity contribution >= 4 is 34.7 Å². The molecule has 1 aromatic carbocycles. The molecule has 0 aliphatic heterocycles. The highest BCUT2D eigenvalue weighted by Crippen LogP contribution is 2.23. The van der Waals surface area contributed by atoms with Crippen LogP contribution in [0.4, 0.5) is 17.2 Å². The van der Waals surface area contributed by atoms with Crippen LogP contribution in [-0.4, -0.2) is 10.9 Å². The Morgan fingerprint density at radius 2 is 2.09 bits per heavy atom. The third kappa shape index (κ3) is 4.74. The Morgan fingerprint density at radius 3 is 2.73 bits per heavy atom. The number of unbranched alkanes of at least 4 members (excludes halogenated alkanes) is 1. The molecule has 2 N–H and O–H groups in total. The van der Waals surface area contributed by atoms with E-state index in [1.807, 2.05) is 31.2 Å². The maximum Gasteiger partial charge on any atom is 0.225 e. The first kappa shape index (κ1) is 16.3. The van der Waals surface area contributed by atoms with Crippen molar-refractivity contribution in [1.29, 1.82) is 0 Å². The van der Waals surface area contributed by atoms with Crippen molar-refractivity contribution in [2.75, 3.05) is 10.6 Å². The fourth-order valence-electron chi connectivity index (χ4n) is 2.01. The first-order valence-electron chi connectivity index (χ1n) is 7.37. The Bertz CT molecular complexity index is 641. The van der Waals surface area contributed by atoms with E-state index in [1.165, 1.54) is 0 Å². The lowest BCUT2D eigenvalue weighted by molar-refractivity contribution is -0.116. The third-order valence-electron chi connectivity index (χ3n) is 3.26. The number of hydrogen-bond donors (Lipinski definition) is 2. The Morgan fingerprint density at radius 1 is 1.27 bits per heavy atom. The quantitative estimate of drug-likeness (QED) is 0.795. The van der Waals surface area contributed by atoms with Gasteiger partial charge in [-0.3, -0.25) is 4.79 Å². The summed E-state index contributed by atoms with van der Waals surface area (Å²) in [6, 6.07) is 9.35. The van der Waals surface area contributed by atoms with Gasteiger partial charge in [0, 0.05) is 17.1 Å². The van der Waals surface area contributed by atoms with Gasteiger partial charge in [-0.05, 0) is 49.2 Å². The van der Waals surface area contributed by atoms with Crippen molar-refractivity contribution < 1.29 is 4.79 Å². The zero-order valence-corrected chi connectivity index (χ0v) is 13.6. The summed E-state index contributed by atoms with van der Waals surface area (Å²) in [4.78, 5) is 15.9. The number of amides is 1. The summed E-state index contributed by atoms with van der Waals surface area (Å²) < 4.78 is 0.